The third kappa shape index (κ3) is 3.10. The highest BCUT2D eigenvalue weighted by Gasteiger charge is 2.36. The molecule has 4 amide bonds. The summed E-state index contributed by atoms with van der Waals surface area (Å²) in [6.07, 6.45) is 1.42. The number of hydrogen-bond acceptors (Lipinski definition) is 5. The number of carbonyl (C=O) groups is 4. The molecule has 0 aliphatic carbocycles. The number of aromatic carboxylic acids is 1. The summed E-state index contributed by atoms with van der Waals surface area (Å²) in [6.45, 7) is 1.83. The predicted molar refractivity (Wildman–Crippen MR) is 91.0 cm³/mol. The molecular formula is C19H13N2O5-. The van der Waals surface area contributed by atoms with Crippen LogP contribution in [0.25, 0.3) is 6.08 Å². The monoisotopic (exact) mass is 349 g/mol. The van der Waals surface area contributed by atoms with Crippen LogP contribution in [0.15, 0.2) is 54.1 Å². The van der Waals surface area contributed by atoms with E-state index in [0.717, 1.165) is 10.5 Å². The summed E-state index contributed by atoms with van der Waals surface area (Å²) in [5.74, 6) is -2.95. The van der Waals surface area contributed by atoms with E-state index in [1.807, 2.05) is 19.1 Å². The van der Waals surface area contributed by atoms with Gasteiger partial charge in [0.25, 0.3) is 11.8 Å². The van der Waals surface area contributed by atoms with Crippen molar-refractivity contribution < 1.29 is 24.3 Å². The van der Waals surface area contributed by atoms with Gasteiger partial charge in [-0.25, -0.2) is 9.69 Å². The number of carboxylic acid groups (broad SMARTS) is 1. The van der Waals surface area contributed by atoms with Gasteiger partial charge >= 0.3 is 6.03 Å². The van der Waals surface area contributed by atoms with Crippen LogP contribution < -0.4 is 15.3 Å². The Morgan fingerprint density at radius 3 is 2.31 bits per heavy atom. The molecule has 2 aromatic rings. The van der Waals surface area contributed by atoms with Crippen LogP contribution in [0.5, 0.6) is 0 Å². The molecule has 1 fully saturated rings. The zero-order valence-electron chi connectivity index (χ0n) is 13.7. The summed E-state index contributed by atoms with van der Waals surface area (Å²) in [7, 11) is 0. The number of rotatable bonds is 3. The second-order valence-electron chi connectivity index (χ2n) is 5.65. The smallest absolute Gasteiger partial charge is 0.335 e. The van der Waals surface area contributed by atoms with Crippen LogP contribution >= 0.6 is 0 Å². The molecule has 0 atom stereocenters. The highest BCUT2D eigenvalue weighted by atomic mass is 16.4. The summed E-state index contributed by atoms with van der Waals surface area (Å²) in [5.41, 5.74) is 1.39. The standard InChI is InChI=1S/C19H14N2O5/c1-11-4-2-3-5-13(11)10-15-16(22)20-19(26)21(17(15)23)14-8-6-12(7-9-14)18(24)25/h2-10H,1H3,(H,24,25)(H,20,22,26)/p-1/b15-10-. The van der Waals surface area contributed by atoms with Crippen molar-refractivity contribution in [1.82, 2.24) is 5.32 Å². The number of imide groups is 2. The topological polar surface area (TPSA) is 107 Å². The van der Waals surface area contributed by atoms with E-state index < -0.39 is 23.8 Å². The number of carboxylic acids is 1. The fourth-order valence-electron chi connectivity index (χ4n) is 2.54. The van der Waals surface area contributed by atoms with Crippen molar-refractivity contribution in [3.63, 3.8) is 0 Å². The van der Waals surface area contributed by atoms with Gasteiger partial charge in [-0.15, -0.1) is 0 Å². The van der Waals surface area contributed by atoms with Crippen molar-refractivity contribution in [2.75, 3.05) is 4.90 Å². The SMILES string of the molecule is Cc1ccccc1/C=C1/C(=O)NC(=O)N(c2ccc(C(=O)[O-])cc2)C1=O. The first-order chi connectivity index (χ1) is 12.4. The van der Waals surface area contributed by atoms with E-state index in [1.165, 1.54) is 30.3 Å². The molecule has 0 aromatic heterocycles. The van der Waals surface area contributed by atoms with Gasteiger partial charge in [0.2, 0.25) is 0 Å². The molecule has 0 saturated carbocycles. The van der Waals surface area contributed by atoms with Gasteiger partial charge in [0, 0.05) is 0 Å². The molecule has 3 rings (SSSR count). The lowest BCUT2D eigenvalue weighted by Gasteiger charge is -2.26. The molecule has 2 aromatic carbocycles. The Hall–Kier alpha value is -3.74. The Balaban J connectivity index is 2.01. The Morgan fingerprint density at radius 2 is 1.69 bits per heavy atom. The maximum Gasteiger partial charge on any atom is 0.335 e. The third-order valence-corrected chi connectivity index (χ3v) is 3.95. The summed E-state index contributed by atoms with van der Waals surface area (Å²) in [6, 6.07) is 11.3. The number of carbonyl (C=O) groups excluding carboxylic acids is 4. The minimum absolute atomic E-state index is 0.0923. The quantitative estimate of drug-likeness (QED) is 0.658. The van der Waals surface area contributed by atoms with Gasteiger partial charge in [-0.2, -0.15) is 0 Å². The van der Waals surface area contributed by atoms with Gasteiger partial charge < -0.3 is 9.90 Å². The van der Waals surface area contributed by atoms with Gasteiger partial charge in [-0.3, -0.25) is 14.9 Å². The van der Waals surface area contributed by atoms with Crippen LogP contribution in [0.4, 0.5) is 10.5 Å². The van der Waals surface area contributed by atoms with Gasteiger partial charge in [0.1, 0.15) is 5.57 Å². The van der Waals surface area contributed by atoms with Gasteiger partial charge in [-0.05, 0) is 41.8 Å². The lowest BCUT2D eigenvalue weighted by Crippen LogP contribution is -2.54. The molecule has 1 aliphatic heterocycles. The van der Waals surface area contributed by atoms with Crippen LogP contribution in [0.1, 0.15) is 21.5 Å². The molecule has 1 N–H and O–H groups in total. The number of hydrogen-bond donors (Lipinski definition) is 1. The van der Waals surface area contributed by atoms with E-state index in [-0.39, 0.29) is 16.8 Å². The third-order valence-electron chi connectivity index (χ3n) is 3.95. The summed E-state index contributed by atoms with van der Waals surface area (Å²) >= 11 is 0. The lowest BCUT2D eigenvalue weighted by molar-refractivity contribution is -0.255. The predicted octanol–water partition coefficient (Wildman–Crippen LogP) is 1.02. The maximum atomic E-state index is 12.7. The number of aryl methyl sites for hydroxylation is 1. The van der Waals surface area contributed by atoms with E-state index in [4.69, 9.17) is 0 Å². The number of benzene rings is 2. The minimum atomic E-state index is -1.37. The van der Waals surface area contributed by atoms with Crippen molar-refractivity contribution in [3.05, 3.63) is 70.8 Å². The Morgan fingerprint density at radius 1 is 1.04 bits per heavy atom. The van der Waals surface area contributed by atoms with Crippen molar-refractivity contribution in [2.45, 2.75) is 6.92 Å². The molecule has 26 heavy (non-hydrogen) atoms. The fraction of sp³-hybridized carbons (Fsp3) is 0.0526. The number of barbiturate groups is 1. The second-order valence-corrected chi connectivity index (χ2v) is 5.65. The van der Waals surface area contributed by atoms with Crippen LogP contribution in [-0.4, -0.2) is 23.8 Å². The van der Waals surface area contributed by atoms with E-state index in [9.17, 15) is 24.3 Å². The molecule has 130 valence electrons. The molecule has 1 heterocycles. The molecule has 7 heteroatoms. The van der Waals surface area contributed by atoms with Crippen LogP contribution in [0, 0.1) is 6.92 Å². The number of nitrogens with one attached hydrogen (secondary N) is 1. The first-order valence-corrected chi connectivity index (χ1v) is 7.67. The first-order valence-electron chi connectivity index (χ1n) is 7.67. The maximum absolute atomic E-state index is 12.7. The molecule has 7 nitrogen and oxygen atoms in total. The van der Waals surface area contributed by atoms with E-state index in [0.29, 0.717) is 5.56 Å². The van der Waals surface area contributed by atoms with Crippen molar-refractivity contribution in [3.8, 4) is 0 Å². The highest BCUT2D eigenvalue weighted by molar-refractivity contribution is 6.39. The largest absolute Gasteiger partial charge is 0.545 e. The number of nitrogens with zero attached hydrogens (tertiary/aromatic N) is 1. The average Bonchev–Trinajstić information content (AvgIpc) is 2.60. The fourth-order valence-corrected chi connectivity index (χ4v) is 2.54. The lowest BCUT2D eigenvalue weighted by atomic mass is 10.0. The van der Waals surface area contributed by atoms with E-state index >= 15 is 0 Å². The zero-order valence-corrected chi connectivity index (χ0v) is 13.7. The summed E-state index contributed by atoms with van der Waals surface area (Å²) < 4.78 is 0. The number of amides is 4. The summed E-state index contributed by atoms with van der Waals surface area (Å²) in [4.78, 5) is 48.6. The van der Waals surface area contributed by atoms with E-state index in [2.05, 4.69) is 5.32 Å². The molecule has 0 spiro atoms. The van der Waals surface area contributed by atoms with Gasteiger partial charge in [0.15, 0.2) is 0 Å². The van der Waals surface area contributed by atoms with Gasteiger partial charge in [0.05, 0.1) is 11.7 Å². The first kappa shape index (κ1) is 17.1. The Kier molecular flexibility index (Phi) is 4.36. The molecule has 0 bridgehead atoms. The average molecular weight is 349 g/mol. The number of urea groups is 1. The van der Waals surface area contributed by atoms with E-state index in [1.54, 1.807) is 12.1 Å². The Bertz CT molecular complexity index is 960. The van der Waals surface area contributed by atoms with Crippen LogP contribution in [-0.2, 0) is 9.59 Å². The molecule has 1 aliphatic rings. The second kappa shape index (κ2) is 6.64. The normalized spacial score (nSPS) is 16.0. The zero-order chi connectivity index (χ0) is 18.8. The summed E-state index contributed by atoms with van der Waals surface area (Å²) in [5, 5.41) is 12.9. The highest BCUT2D eigenvalue weighted by Crippen LogP contribution is 2.23. The molecule has 0 unspecified atom stereocenters. The molecular weight excluding hydrogens is 336 g/mol. The van der Waals surface area contributed by atoms with Gasteiger partial charge in [-0.1, -0.05) is 36.4 Å². The minimum Gasteiger partial charge on any atom is -0.545 e. The molecule has 1 saturated heterocycles. The molecule has 0 radical (unpaired) electrons. The van der Waals surface area contributed by atoms with Crippen LogP contribution in [0.3, 0.4) is 0 Å². The van der Waals surface area contributed by atoms with Crippen LogP contribution in [0.2, 0.25) is 0 Å². The van der Waals surface area contributed by atoms with Crippen molar-refractivity contribution in [2.24, 2.45) is 0 Å². The number of anilines is 1. The van der Waals surface area contributed by atoms with Crippen molar-refractivity contribution >= 4 is 35.6 Å². The Labute approximate surface area is 148 Å². The van der Waals surface area contributed by atoms with Crippen molar-refractivity contribution in [1.29, 1.82) is 0 Å².